The van der Waals surface area contributed by atoms with Crippen LogP contribution in [0.1, 0.15) is 18.4 Å². The van der Waals surface area contributed by atoms with Gasteiger partial charge in [-0.05, 0) is 37.6 Å². The molecular formula is C16H19F3N4O. The third-order valence-corrected chi connectivity index (χ3v) is 4.44. The fourth-order valence-electron chi connectivity index (χ4n) is 3.24. The van der Waals surface area contributed by atoms with Gasteiger partial charge in [0.15, 0.2) is 0 Å². The van der Waals surface area contributed by atoms with Crippen LogP contribution in [-0.4, -0.2) is 52.9 Å². The van der Waals surface area contributed by atoms with Crippen LogP contribution in [0.2, 0.25) is 0 Å². The molecule has 1 fully saturated rings. The van der Waals surface area contributed by atoms with Crippen LogP contribution in [0, 0.1) is 0 Å². The molecule has 1 amide bonds. The second-order valence-corrected chi connectivity index (χ2v) is 6.31. The lowest BCUT2D eigenvalue weighted by Gasteiger charge is -2.38. The molecule has 0 spiro atoms. The Morgan fingerprint density at radius 3 is 2.92 bits per heavy atom. The molecule has 0 unspecified atom stereocenters. The van der Waals surface area contributed by atoms with Crippen LogP contribution >= 0.6 is 0 Å². The first kappa shape index (κ1) is 16.8. The summed E-state index contributed by atoms with van der Waals surface area (Å²) in [5.41, 5.74) is 1.74. The van der Waals surface area contributed by atoms with E-state index in [-0.39, 0.29) is 31.3 Å². The Kier molecular flexibility index (Phi) is 4.49. The zero-order chi connectivity index (χ0) is 17.3. The second kappa shape index (κ2) is 6.43. The van der Waals surface area contributed by atoms with Crippen molar-refractivity contribution in [1.29, 1.82) is 0 Å². The van der Waals surface area contributed by atoms with Gasteiger partial charge >= 0.3 is 6.18 Å². The number of likely N-dealkylation sites (N-methyl/N-ethyl adjacent to an activating group) is 1. The van der Waals surface area contributed by atoms with Gasteiger partial charge in [0.05, 0.1) is 18.1 Å². The fourth-order valence-corrected chi connectivity index (χ4v) is 3.24. The monoisotopic (exact) mass is 340 g/mol. The molecule has 1 aromatic heterocycles. The molecule has 5 nitrogen and oxygen atoms in total. The van der Waals surface area contributed by atoms with Gasteiger partial charge in [-0.2, -0.15) is 18.3 Å². The molecule has 0 aliphatic carbocycles. The molecule has 1 aromatic carbocycles. The maximum atomic E-state index is 12.8. The molecular weight excluding hydrogens is 321 g/mol. The van der Waals surface area contributed by atoms with E-state index in [2.05, 4.69) is 15.5 Å². The molecule has 0 bridgehead atoms. The number of hydrogen-bond acceptors (Lipinski definition) is 3. The van der Waals surface area contributed by atoms with Crippen LogP contribution in [0.5, 0.6) is 0 Å². The Bertz CT molecular complexity index is 727. The number of H-pyrrole nitrogens is 1. The fraction of sp³-hybridized carbons (Fsp3) is 0.500. The Morgan fingerprint density at radius 1 is 1.42 bits per heavy atom. The maximum Gasteiger partial charge on any atom is 0.404 e. The number of aromatic nitrogens is 2. The third-order valence-electron chi connectivity index (χ3n) is 4.44. The van der Waals surface area contributed by atoms with Gasteiger partial charge in [-0.15, -0.1) is 0 Å². The van der Waals surface area contributed by atoms with Crippen LogP contribution < -0.4 is 5.32 Å². The van der Waals surface area contributed by atoms with Crippen LogP contribution in [0.15, 0.2) is 24.4 Å². The second-order valence-electron chi connectivity index (χ2n) is 6.31. The molecule has 0 saturated carbocycles. The summed E-state index contributed by atoms with van der Waals surface area (Å²) in [6.45, 7) is 0.205. The van der Waals surface area contributed by atoms with E-state index >= 15 is 0 Å². The van der Waals surface area contributed by atoms with Crippen molar-refractivity contribution in [3.8, 4) is 0 Å². The number of nitrogens with zero attached hydrogens (tertiary/aromatic N) is 2. The molecule has 1 aliphatic heterocycles. The van der Waals surface area contributed by atoms with Crippen molar-refractivity contribution >= 4 is 16.8 Å². The minimum Gasteiger partial charge on any atom is -0.352 e. The third kappa shape index (κ3) is 3.69. The lowest BCUT2D eigenvalue weighted by Crippen LogP contribution is -2.54. The molecule has 2 aromatic rings. The van der Waals surface area contributed by atoms with Gasteiger partial charge in [0.2, 0.25) is 5.91 Å². The molecule has 1 aliphatic rings. The van der Waals surface area contributed by atoms with E-state index in [1.807, 2.05) is 18.2 Å². The predicted molar refractivity (Wildman–Crippen MR) is 83.4 cm³/mol. The van der Waals surface area contributed by atoms with Crippen molar-refractivity contribution in [3.63, 3.8) is 0 Å². The molecule has 3 rings (SSSR count). The highest BCUT2D eigenvalue weighted by atomic mass is 19.4. The Morgan fingerprint density at radius 2 is 2.21 bits per heavy atom. The molecule has 8 heteroatoms. The van der Waals surface area contributed by atoms with Crippen molar-refractivity contribution in [2.45, 2.75) is 37.5 Å². The summed E-state index contributed by atoms with van der Waals surface area (Å²) < 4.78 is 38.5. The first-order chi connectivity index (χ1) is 11.3. The number of alkyl halides is 3. The first-order valence-corrected chi connectivity index (χ1v) is 7.81. The van der Waals surface area contributed by atoms with E-state index in [0.717, 1.165) is 16.5 Å². The van der Waals surface area contributed by atoms with Crippen molar-refractivity contribution in [1.82, 2.24) is 20.4 Å². The van der Waals surface area contributed by atoms with E-state index in [4.69, 9.17) is 0 Å². The number of carbonyl (C=O) groups is 1. The molecule has 130 valence electrons. The number of aromatic amines is 1. The molecule has 1 saturated heterocycles. The maximum absolute atomic E-state index is 12.8. The molecule has 2 heterocycles. The summed E-state index contributed by atoms with van der Waals surface area (Å²) in [6.07, 6.45) is -2.00. The minimum atomic E-state index is -4.22. The number of likely N-dealkylation sites (tertiary alicyclic amines) is 1. The van der Waals surface area contributed by atoms with Crippen molar-refractivity contribution in [2.75, 3.05) is 13.6 Å². The van der Waals surface area contributed by atoms with Crippen molar-refractivity contribution in [3.05, 3.63) is 30.0 Å². The standard InChI is InChI=1S/C16H19F3N4O/c1-23-9-12(3-5-14(23)16(17,18)19)21-15(24)7-10-2-4-13-11(6-10)8-20-22-13/h2,4,6,8,12,14H,3,5,7,9H2,1H3,(H,20,22)(H,21,24)/t12-,14-/m1/s1. The minimum absolute atomic E-state index is 0.00588. The summed E-state index contributed by atoms with van der Waals surface area (Å²) in [4.78, 5) is 13.4. The van der Waals surface area contributed by atoms with Gasteiger partial charge in [-0.3, -0.25) is 14.8 Å². The van der Waals surface area contributed by atoms with Crippen molar-refractivity contribution < 1.29 is 18.0 Å². The number of carbonyl (C=O) groups excluding carboxylic acids is 1. The molecule has 2 N–H and O–H groups in total. The van der Waals surface area contributed by atoms with Crippen LogP contribution in [0.25, 0.3) is 10.9 Å². The summed E-state index contributed by atoms with van der Waals surface area (Å²) in [5, 5.41) is 10.5. The number of amides is 1. The topological polar surface area (TPSA) is 61.0 Å². The van der Waals surface area contributed by atoms with Crippen molar-refractivity contribution in [2.24, 2.45) is 0 Å². The average Bonchev–Trinajstić information content (AvgIpc) is 2.93. The zero-order valence-corrected chi connectivity index (χ0v) is 13.2. The average molecular weight is 340 g/mol. The number of piperidine rings is 1. The van der Waals surface area contributed by atoms with Gasteiger partial charge in [-0.25, -0.2) is 0 Å². The number of fused-ring (bicyclic) bond motifs is 1. The number of rotatable bonds is 3. The zero-order valence-electron chi connectivity index (χ0n) is 13.2. The Hall–Kier alpha value is -2.09. The van der Waals surface area contributed by atoms with Gasteiger partial charge in [0, 0.05) is 18.0 Å². The SMILES string of the molecule is CN1C[C@H](NC(=O)Cc2ccc3[nH]ncc3c2)CC[C@@H]1C(F)(F)F. The number of nitrogens with one attached hydrogen (secondary N) is 2. The summed E-state index contributed by atoms with van der Waals surface area (Å²) in [7, 11) is 1.45. The first-order valence-electron chi connectivity index (χ1n) is 7.81. The lowest BCUT2D eigenvalue weighted by molar-refractivity contribution is -0.188. The van der Waals surface area contributed by atoms with Crippen LogP contribution in [0.4, 0.5) is 13.2 Å². The smallest absolute Gasteiger partial charge is 0.352 e. The van der Waals surface area contributed by atoms with Gasteiger partial charge in [0.25, 0.3) is 0 Å². The van der Waals surface area contributed by atoms with Gasteiger partial charge < -0.3 is 5.32 Å². The molecule has 24 heavy (non-hydrogen) atoms. The highest BCUT2D eigenvalue weighted by Crippen LogP contribution is 2.30. The quantitative estimate of drug-likeness (QED) is 0.901. The number of halogens is 3. The Labute approximate surface area is 137 Å². The highest BCUT2D eigenvalue weighted by molar-refractivity contribution is 5.83. The Balaban J connectivity index is 1.55. The van der Waals surface area contributed by atoms with Crippen LogP contribution in [0.3, 0.4) is 0 Å². The summed E-state index contributed by atoms with van der Waals surface area (Å²) in [6, 6.07) is 3.90. The van der Waals surface area contributed by atoms with E-state index in [0.29, 0.717) is 6.42 Å². The van der Waals surface area contributed by atoms with Crippen LogP contribution in [-0.2, 0) is 11.2 Å². The van der Waals surface area contributed by atoms with Gasteiger partial charge in [-0.1, -0.05) is 6.07 Å². The molecule has 2 atom stereocenters. The number of hydrogen-bond donors (Lipinski definition) is 2. The predicted octanol–water partition coefficient (Wildman–Crippen LogP) is 2.25. The number of benzene rings is 1. The van der Waals surface area contributed by atoms with E-state index in [1.165, 1.54) is 11.9 Å². The highest BCUT2D eigenvalue weighted by Gasteiger charge is 2.44. The normalized spacial score (nSPS) is 22.7. The van der Waals surface area contributed by atoms with Gasteiger partial charge in [0.1, 0.15) is 6.04 Å². The summed E-state index contributed by atoms with van der Waals surface area (Å²) >= 11 is 0. The summed E-state index contributed by atoms with van der Waals surface area (Å²) in [5.74, 6) is -0.179. The van der Waals surface area contributed by atoms with E-state index in [1.54, 1.807) is 6.20 Å². The van der Waals surface area contributed by atoms with E-state index in [9.17, 15) is 18.0 Å². The van der Waals surface area contributed by atoms with E-state index < -0.39 is 12.2 Å². The largest absolute Gasteiger partial charge is 0.404 e. The lowest BCUT2D eigenvalue weighted by atomic mass is 9.98. The molecule has 0 radical (unpaired) electrons.